The van der Waals surface area contributed by atoms with E-state index in [1.54, 1.807) is 0 Å². The molecule has 2 N–H and O–H groups in total. The highest BCUT2D eigenvalue weighted by atomic mass is 16.4. The number of benzene rings is 1. The molecule has 0 bridgehead atoms. The van der Waals surface area contributed by atoms with Gasteiger partial charge in [-0.2, -0.15) is 0 Å². The number of likely N-dealkylation sites (N-methyl/N-ethyl adjacent to an activating group) is 1. The van der Waals surface area contributed by atoms with Crippen LogP contribution in [0.25, 0.3) is 0 Å². The minimum absolute atomic E-state index is 0.277. The van der Waals surface area contributed by atoms with E-state index in [1.807, 2.05) is 38.2 Å². The van der Waals surface area contributed by atoms with Gasteiger partial charge in [0.15, 0.2) is 0 Å². The highest BCUT2D eigenvalue weighted by molar-refractivity contribution is 5.84. The van der Waals surface area contributed by atoms with Crippen LogP contribution in [0, 0.1) is 6.92 Å². The average molecular weight is 248 g/mol. The predicted molar refractivity (Wildman–Crippen MR) is 71.9 cm³/mol. The molecule has 0 spiro atoms. The van der Waals surface area contributed by atoms with Crippen molar-refractivity contribution in [3.05, 3.63) is 29.8 Å². The maximum Gasteiger partial charge on any atom is 0.330 e. The summed E-state index contributed by atoms with van der Waals surface area (Å²) < 4.78 is 0. The van der Waals surface area contributed by atoms with E-state index in [-0.39, 0.29) is 6.04 Å². The molecular weight excluding hydrogens is 228 g/mol. The van der Waals surface area contributed by atoms with Crippen molar-refractivity contribution >= 4 is 11.7 Å². The summed E-state index contributed by atoms with van der Waals surface area (Å²) in [4.78, 5) is 13.7. The first-order chi connectivity index (χ1) is 8.43. The summed E-state index contributed by atoms with van der Waals surface area (Å²) in [5.74, 6) is -0.778. The molecule has 98 valence electrons. The Labute approximate surface area is 108 Å². The number of aryl methyl sites for hydroxylation is 1. The maximum atomic E-state index is 11.6. The van der Waals surface area contributed by atoms with Gasteiger partial charge in [0, 0.05) is 18.3 Å². The molecule has 1 aliphatic heterocycles. The third-order valence-electron chi connectivity index (χ3n) is 3.76. The lowest BCUT2D eigenvalue weighted by molar-refractivity contribution is -0.141. The van der Waals surface area contributed by atoms with E-state index >= 15 is 0 Å². The van der Waals surface area contributed by atoms with E-state index in [0.29, 0.717) is 13.0 Å². The second-order valence-electron chi connectivity index (χ2n) is 5.35. The molecular formula is C14H20N2O2. The fraction of sp³-hybridized carbons (Fsp3) is 0.500. The quantitative estimate of drug-likeness (QED) is 0.858. The Balaban J connectivity index is 2.22. The van der Waals surface area contributed by atoms with Crippen molar-refractivity contribution < 1.29 is 9.90 Å². The van der Waals surface area contributed by atoms with Gasteiger partial charge in [0.05, 0.1) is 0 Å². The first-order valence-corrected chi connectivity index (χ1v) is 6.21. The Kier molecular flexibility index (Phi) is 3.30. The molecule has 1 aliphatic rings. The van der Waals surface area contributed by atoms with Gasteiger partial charge in [0.2, 0.25) is 0 Å². The number of rotatable bonds is 3. The predicted octanol–water partition coefficient (Wildman–Crippen LogP) is 1.95. The third kappa shape index (κ3) is 2.34. The fourth-order valence-electron chi connectivity index (χ4n) is 2.52. The number of hydrogen-bond donors (Lipinski definition) is 2. The first kappa shape index (κ1) is 12.9. The monoisotopic (exact) mass is 248 g/mol. The Bertz CT molecular complexity index is 432. The number of hydrogen-bond acceptors (Lipinski definition) is 3. The van der Waals surface area contributed by atoms with Gasteiger partial charge in [-0.25, -0.2) is 4.79 Å². The number of carbonyl (C=O) groups is 1. The van der Waals surface area contributed by atoms with E-state index < -0.39 is 11.5 Å². The Morgan fingerprint density at radius 3 is 2.50 bits per heavy atom. The van der Waals surface area contributed by atoms with Gasteiger partial charge in [-0.1, -0.05) is 17.7 Å². The molecule has 4 nitrogen and oxygen atoms in total. The third-order valence-corrected chi connectivity index (χ3v) is 3.76. The van der Waals surface area contributed by atoms with Crippen LogP contribution in [-0.4, -0.2) is 41.1 Å². The van der Waals surface area contributed by atoms with Crippen LogP contribution in [0.4, 0.5) is 5.69 Å². The summed E-state index contributed by atoms with van der Waals surface area (Å²) in [5, 5.41) is 12.7. The summed E-state index contributed by atoms with van der Waals surface area (Å²) in [6.07, 6.45) is 0.618. The molecule has 1 saturated heterocycles. The maximum absolute atomic E-state index is 11.6. The number of likely N-dealkylation sites (tertiary alicyclic amines) is 1. The highest BCUT2D eigenvalue weighted by Crippen LogP contribution is 2.30. The largest absolute Gasteiger partial charge is 0.479 e. The van der Waals surface area contributed by atoms with Crippen LogP contribution in [0.3, 0.4) is 0 Å². The second kappa shape index (κ2) is 4.61. The smallest absolute Gasteiger partial charge is 0.330 e. The summed E-state index contributed by atoms with van der Waals surface area (Å²) in [6, 6.07) is 8.12. The van der Waals surface area contributed by atoms with Crippen LogP contribution >= 0.6 is 0 Å². The number of anilines is 1. The van der Waals surface area contributed by atoms with Gasteiger partial charge in [-0.3, -0.25) is 0 Å². The minimum atomic E-state index is -0.872. The zero-order valence-electron chi connectivity index (χ0n) is 11.1. The lowest BCUT2D eigenvalue weighted by Gasteiger charge is -2.26. The van der Waals surface area contributed by atoms with Crippen molar-refractivity contribution in [2.75, 3.05) is 18.9 Å². The van der Waals surface area contributed by atoms with Crippen molar-refractivity contribution in [3.63, 3.8) is 0 Å². The van der Waals surface area contributed by atoms with Crippen LogP contribution in [0.15, 0.2) is 24.3 Å². The summed E-state index contributed by atoms with van der Waals surface area (Å²) in [7, 11) is 1.96. The molecule has 1 aromatic carbocycles. The summed E-state index contributed by atoms with van der Waals surface area (Å²) in [5.41, 5.74) is 1.16. The number of nitrogens with zero attached hydrogens (tertiary/aromatic N) is 1. The van der Waals surface area contributed by atoms with Crippen LogP contribution in [0.2, 0.25) is 0 Å². The van der Waals surface area contributed by atoms with Gasteiger partial charge < -0.3 is 15.3 Å². The first-order valence-electron chi connectivity index (χ1n) is 6.21. The molecule has 0 aliphatic carbocycles. The number of nitrogens with one attached hydrogen (secondary N) is 1. The van der Waals surface area contributed by atoms with Crippen LogP contribution in [0.1, 0.15) is 18.9 Å². The molecule has 2 unspecified atom stereocenters. The molecule has 4 heteroatoms. The van der Waals surface area contributed by atoms with Crippen molar-refractivity contribution in [1.29, 1.82) is 0 Å². The van der Waals surface area contributed by atoms with E-state index in [2.05, 4.69) is 17.1 Å². The molecule has 2 rings (SSSR count). The van der Waals surface area contributed by atoms with Crippen LogP contribution < -0.4 is 5.32 Å². The van der Waals surface area contributed by atoms with Crippen molar-refractivity contribution in [2.45, 2.75) is 31.8 Å². The van der Waals surface area contributed by atoms with Crippen molar-refractivity contribution in [1.82, 2.24) is 4.90 Å². The standard InChI is InChI=1S/C14H20N2O2/c1-10-4-6-12(7-5-10)15-14(13(17)18)8-11(2)16(3)9-14/h4-7,11,15H,8-9H2,1-3H3,(H,17,18). The molecule has 18 heavy (non-hydrogen) atoms. The molecule has 2 atom stereocenters. The van der Waals surface area contributed by atoms with E-state index in [1.165, 1.54) is 5.56 Å². The van der Waals surface area contributed by atoms with E-state index in [9.17, 15) is 9.90 Å². The molecule has 1 heterocycles. The SMILES string of the molecule is Cc1ccc(NC2(C(=O)O)CC(C)N(C)C2)cc1. The summed E-state index contributed by atoms with van der Waals surface area (Å²) in [6.45, 7) is 4.60. The fourth-order valence-corrected chi connectivity index (χ4v) is 2.52. The molecule has 0 amide bonds. The number of aliphatic carboxylic acids is 1. The van der Waals surface area contributed by atoms with Gasteiger partial charge >= 0.3 is 5.97 Å². The van der Waals surface area contributed by atoms with Gasteiger partial charge in [-0.15, -0.1) is 0 Å². The van der Waals surface area contributed by atoms with Gasteiger partial charge in [0.1, 0.15) is 5.54 Å². The Hall–Kier alpha value is -1.55. The summed E-state index contributed by atoms with van der Waals surface area (Å²) >= 11 is 0. The molecule has 0 aromatic heterocycles. The van der Waals surface area contributed by atoms with E-state index in [0.717, 1.165) is 5.69 Å². The van der Waals surface area contributed by atoms with Crippen molar-refractivity contribution in [2.24, 2.45) is 0 Å². The average Bonchev–Trinajstić information content (AvgIpc) is 2.59. The lowest BCUT2D eigenvalue weighted by atomic mass is 9.96. The van der Waals surface area contributed by atoms with Crippen molar-refractivity contribution in [3.8, 4) is 0 Å². The molecule has 1 fully saturated rings. The number of carboxylic acids is 1. The second-order valence-corrected chi connectivity index (χ2v) is 5.35. The highest BCUT2D eigenvalue weighted by Gasteiger charge is 2.47. The topological polar surface area (TPSA) is 52.6 Å². The zero-order valence-corrected chi connectivity index (χ0v) is 11.1. The molecule has 0 radical (unpaired) electrons. The number of carboxylic acid groups (broad SMARTS) is 1. The van der Waals surface area contributed by atoms with Gasteiger partial charge in [-0.05, 0) is 39.4 Å². The molecule has 0 saturated carbocycles. The van der Waals surface area contributed by atoms with Crippen LogP contribution in [0.5, 0.6) is 0 Å². The minimum Gasteiger partial charge on any atom is -0.479 e. The van der Waals surface area contributed by atoms with Crippen LogP contribution in [-0.2, 0) is 4.79 Å². The van der Waals surface area contributed by atoms with E-state index in [4.69, 9.17) is 0 Å². The lowest BCUT2D eigenvalue weighted by Crippen LogP contribution is -2.48. The Morgan fingerprint density at radius 1 is 1.44 bits per heavy atom. The zero-order chi connectivity index (χ0) is 13.3. The molecule has 1 aromatic rings. The Morgan fingerprint density at radius 2 is 2.06 bits per heavy atom. The van der Waals surface area contributed by atoms with Gasteiger partial charge in [0.25, 0.3) is 0 Å². The normalized spacial score (nSPS) is 28.3.